The third-order valence-electron chi connectivity index (χ3n) is 5.37. The van der Waals surface area contributed by atoms with Crippen LogP contribution in [0.2, 0.25) is 0 Å². The van der Waals surface area contributed by atoms with Crippen LogP contribution < -0.4 is 5.73 Å². The van der Waals surface area contributed by atoms with E-state index in [0.29, 0.717) is 0 Å². The number of piperidine rings is 1. The average Bonchev–Trinajstić information content (AvgIpc) is 2.92. The molecule has 1 aromatic carbocycles. The molecule has 2 bridgehead atoms. The van der Waals surface area contributed by atoms with Gasteiger partial charge in [-0.05, 0) is 61.8 Å². The van der Waals surface area contributed by atoms with Crippen LogP contribution in [0.25, 0.3) is 0 Å². The van der Waals surface area contributed by atoms with Crippen molar-refractivity contribution >= 4 is 17.5 Å². The minimum atomic E-state index is -0.0715. The summed E-state index contributed by atoms with van der Waals surface area (Å²) in [6.07, 6.45) is 5.41. The highest BCUT2D eigenvalue weighted by molar-refractivity contribution is 6.01. The van der Waals surface area contributed by atoms with Crippen LogP contribution in [-0.4, -0.2) is 16.7 Å². The molecule has 21 heavy (non-hydrogen) atoms. The van der Waals surface area contributed by atoms with Gasteiger partial charge in [0.05, 0.1) is 6.04 Å². The van der Waals surface area contributed by atoms with E-state index in [2.05, 4.69) is 0 Å². The zero-order valence-electron chi connectivity index (χ0n) is 12.0. The van der Waals surface area contributed by atoms with E-state index in [1.165, 1.54) is 5.56 Å². The lowest BCUT2D eigenvalue weighted by Crippen LogP contribution is -2.48. The molecule has 4 heteroatoms. The van der Waals surface area contributed by atoms with Crippen LogP contribution in [-0.2, 0) is 16.0 Å². The fourth-order valence-electron chi connectivity index (χ4n) is 4.32. The fourth-order valence-corrected chi connectivity index (χ4v) is 4.32. The Morgan fingerprint density at radius 2 is 1.76 bits per heavy atom. The Morgan fingerprint density at radius 3 is 2.48 bits per heavy atom. The second-order valence-corrected chi connectivity index (χ2v) is 6.62. The summed E-state index contributed by atoms with van der Waals surface area (Å²) in [7, 11) is 0. The van der Waals surface area contributed by atoms with Crippen molar-refractivity contribution in [1.29, 1.82) is 0 Å². The molecule has 4 rings (SSSR count). The van der Waals surface area contributed by atoms with Gasteiger partial charge in [0.1, 0.15) is 0 Å². The molecule has 1 saturated carbocycles. The van der Waals surface area contributed by atoms with E-state index in [0.717, 1.165) is 49.8 Å². The number of carbonyl (C=O) groups is 2. The molecular formula is C17H20N2O2. The zero-order chi connectivity index (χ0) is 14.6. The summed E-state index contributed by atoms with van der Waals surface area (Å²) in [5, 5.41) is 0. The summed E-state index contributed by atoms with van der Waals surface area (Å²) in [6, 6.07) is 5.81. The summed E-state index contributed by atoms with van der Waals surface area (Å²) < 4.78 is 0. The van der Waals surface area contributed by atoms with E-state index in [1.54, 1.807) is 4.90 Å². The molecule has 4 nitrogen and oxygen atoms in total. The van der Waals surface area contributed by atoms with Crippen LogP contribution in [0.3, 0.4) is 0 Å². The minimum absolute atomic E-state index is 0.0587. The van der Waals surface area contributed by atoms with Crippen molar-refractivity contribution in [2.24, 2.45) is 11.8 Å². The molecule has 2 fully saturated rings. The standard InChI is InChI=1S/C17H20N2O2/c18-13-6-7-14-10(9-13)2-1-3-15(14)19-16(20)11-4-5-12(8-11)17(19)21/h6-7,9,11-12,15H,1-5,8,18H2. The molecule has 1 aromatic rings. The van der Waals surface area contributed by atoms with Gasteiger partial charge in [0.2, 0.25) is 11.8 Å². The van der Waals surface area contributed by atoms with Gasteiger partial charge in [0, 0.05) is 17.5 Å². The fraction of sp³-hybridized carbons (Fsp3) is 0.529. The number of carbonyl (C=O) groups excluding carboxylic acids is 2. The van der Waals surface area contributed by atoms with E-state index in [-0.39, 0.29) is 29.7 Å². The van der Waals surface area contributed by atoms with Crippen LogP contribution in [0.5, 0.6) is 0 Å². The number of likely N-dealkylation sites (tertiary alicyclic amines) is 1. The van der Waals surface area contributed by atoms with Gasteiger partial charge in [-0.2, -0.15) is 0 Å². The van der Waals surface area contributed by atoms with Crippen LogP contribution in [0, 0.1) is 11.8 Å². The Hall–Kier alpha value is -1.84. The quantitative estimate of drug-likeness (QED) is 0.636. The van der Waals surface area contributed by atoms with Gasteiger partial charge in [-0.3, -0.25) is 14.5 Å². The van der Waals surface area contributed by atoms with Gasteiger partial charge in [0.15, 0.2) is 0 Å². The minimum Gasteiger partial charge on any atom is -0.399 e. The van der Waals surface area contributed by atoms with Crippen LogP contribution in [0.15, 0.2) is 18.2 Å². The van der Waals surface area contributed by atoms with Gasteiger partial charge in [-0.15, -0.1) is 0 Å². The number of hydrogen-bond donors (Lipinski definition) is 1. The van der Waals surface area contributed by atoms with Crippen molar-refractivity contribution in [3.63, 3.8) is 0 Å². The molecule has 3 unspecified atom stereocenters. The van der Waals surface area contributed by atoms with Crippen LogP contribution >= 0.6 is 0 Å². The number of nitrogen functional groups attached to an aromatic ring is 1. The van der Waals surface area contributed by atoms with Crippen LogP contribution in [0.4, 0.5) is 5.69 Å². The monoisotopic (exact) mass is 284 g/mol. The first-order chi connectivity index (χ1) is 10.1. The molecular weight excluding hydrogens is 264 g/mol. The number of nitrogens with two attached hydrogens (primary N) is 1. The van der Waals surface area contributed by atoms with Crippen LogP contribution in [0.1, 0.15) is 49.3 Å². The first-order valence-electron chi connectivity index (χ1n) is 7.90. The lowest BCUT2D eigenvalue weighted by atomic mass is 9.84. The lowest BCUT2D eigenvalue weighted by molar-refractivity contribution is -0.156. The number of fused-ring (bicyclic) bond motifs is 3. The topological polar surface area (TPSA) is 63.4 Å². The first-order valence-corrected chi connectivity index (χ1v) is 7.90. The second kappa shape index (κ2) is 4.58. The third kappa shape index (κ3) is 1.88. The Labute approximate surface area is 124 Å². The summed E-state index contributed by atoms with van der Waals surface area (Å²) >= 11 is 0. The molecule has 0 aromatic heterocycles. The van der Waals surface area contributed by atoms with Crippen molar-refractivity contribution in [3.05, 3.63) is 29.3 Å². The summed E-state index contributed by atoms with van der Waals surface area (Å²) in [5.74, 6) is 0.269. The molecule has 110 valence electrons. The predicted octanol–water partition coefficient (Wildman–Crippen LogP) is 2.43. The number of benzene rings is 1. The maximum Gasteiger partial charge on any atom is 0.232 e. The average molecular weight is 284 g/mol. The normalized spacial score (nSPS) is 31.4. The van der Waals surface area contributed by atoms with E-state index < -0.39 is 0 Å². The molecule has 0 spiro atoms. The molecule has 1 aliphatic heterocycles. The molecule has 2 amide bonds. The smallest absolute Gasteiger partial charge is 0.232 e. The molecule has 1 heterocycles. The summed E-state index contributed by atoms with van der Waals surface area (Å²) in [5.41, 5.74) is 8.94. The van der Waals surface area contributed by atoms with E-state index in [4.69, 9.17) is 5.73 Å². The van der Waals surface area contributed by atoms with Crippen molar-refractivity contribution in [2.45, 2.75) is 44.6 Å². The van der Waals surface area contributed by atoms with Gasteiger partial charge >= 0.3 is 0 Å². The number of hydrogen-bond acceptors (Lipinski definition) is 3. The Balaban J connectivity index is 1.74. The molecule has 2 N–H and O–H groups in total. The molecule has 3 aliphatic rings. The number of amides is 2. The Kier molecular flexibility index (Phi) is 2.81. The largest absolute Gasteiger partial charge is 0.399 e. The van der Waals surface area contributed by atoms with E-state index in [1.807, 2.05) is 18.2 Å². The first kappa shape index (κ1) is 12.9. The highest BCUT2D eigenvalue weighted by Crippen LogP contribution is 2.44. The predicted molar refractivity (Wildman–Crippen MR) is 79.2 cm³/mol. The lowest BCUT2D eigenvalue weighted by Gasteiger charge is -2.39. The zero-order valence-corrected chi connectivity index (χ0v) is 12.0. The van der Waals surface area contributed by atoms with Crippen molar-refractivity contribution < 1.29 is 9.59 Å². The maximum absolute atomic E-state index is 12.7. The van der Waals surface area contributed by atoms with Crippen molar-refractivity contribution in [1.82, 2.24) is 4.90 Å². The summed E-state index contributed by atoms with van der Waals surface area (Å²) in [6.45, 7) is 0. The number of imide groups is 1. The highest BCUT2D eigenvalue weighted by atomic mass is 16.2. The van der Waals surface area contributed by atoms with E-state index in [9.17, 15) is 9.59 Å². The molecule has 0 radical (unpaired) electrons. The van der Waals surface area contributed by atoms with E-state index >= 15 is 0 Å². The third-order valence-corrected chi connectivity index (χ3v) is 5.37. The van der Waals surface area contributed by atoms with Crippen molar-refractivity contribution in [2.75, 3.05) is 5.73 Å². The van der Waals surface area contributed by atoms with Gasteiger partial charge in [0.25, 0.3) is 0 Å². The summed E-state index contributed by atoms with van der Waals surface area (Å²) in [4.78, 5) is 26.9. The molecule has 2 aliphatic carbocycles. The number of anilines is 1. The number of nitrogens with zero attached hydrogens (tertiary/aromatic N) is 1. The maximum atomic E-state index is 12.7. The van der Waals surface area contributed by atoms with Crippen molar-refractivity contribution in [3.8, 4) is 0 Å². The Bertz CT molecular complexity index is 603. The Morgan fingerprint density at radius 1 is 1.05 bits per heavy atom. The van der Waals surface area contributed by atoms with Gasteiger partial charge < -0.3 is 5.73 Å². The highest BCUT2D eigenvalue weighted by Gasteiger charge is 2.48. The molecule has 1 saturated heterocycles. The van der Waals surface area contributed by atoms with Gasteiger partial charge in [-0.25, -0.2) is 0 Å². The number of aryl methyl sites for hydroxylation is 1. The van der Waals surface area contributed by atoms with Gasteiger partial charge in [-0.1, -0.05) is 6.07 Å². The second-order valence-electron chi connectivity index (χ2n) is 6.62. The SMILES string of the molecule is Nc1ccc2c(c1)CCCC2N1C(=O)C2CCC(C2)C1=O. The number of rotatable bonds is 1. The molecule has 3 atom stereocenters.